The Morgan fingerprint density at radius 3 is 1.65 bits per heavy atom. The Morgan fingerprint density at radius 2 is 1.13 bits per heavy atom. The van der Waals surface area contributed by atoms with Gasteiger partial charge in [0.25, 0.3) is 0 Å². The summed E-state index contributed by atoms with van der Waals surface area (Å²) in [5.74, 6) is 1.41. The molecule has 3 rings (SSSR count). The van der Waals surface area contributed by atoms with Crippen molar-refractivity contribution < 1.29 is 14.3 Å². The third kappa shape index (κ3) is 5.96. The van der Waals surface area contributed by atoms with Crippen molar-refractivity contribution in [2.45, 2.75) is 13.8 Å². The van der Waals surface area contributed by atoms with Gasteiger partial charge < -0.3 is 9.47 Å². The van der Waals surface area contributed by atoms with Crippen LogP contribution in [0.25, 0.3) is 24.3 Å². The molecule has 0 radical (unpaired) electrons. The van der Waals surface area contributed by atoms with Crippen LogP contribution in [0.15, 0.2) is 65.1 Å². The van der Waals surface area contributed by atoms with E-state index in [0.717, 1.165) is 33.0 Å². The van der Waals surface area contributed by atoms with Gasteiger partial charge in [0, 0.05) is 10.0 Å². The van der Waals surface area contributed by atoms with Gasteiger partial charge in [-0.3, -0.25) is 4.79 Å². The third-order valence-electron chi connectivity index (χ3n) is 4.66. The predicted molar refractivity (Wildman–Crippen MR) is 133 cm³/mol. The average molecular weight is 477 g/mol. The maximum atomic E-state index is 11.4. The van der Waals surface area contributed by atoms with Crippen LogP contribution in [0.5, 0.6) is 11.5 Å². The highest BCUT2D eigenvalue weighted by Crippen LogP contribution is 2.33. The standard InChI is InChI=1S/C27H25BrO3/c1-3-30-26-17-22(15-13-20-9-5-6-11-24(20)19-29)23(18-27(26)31-4-2)16-14-21-10-7-8-12-25(21)28/h5-19H,3-4H2,1-2H3/b15-13+,16-14+. The van der Waals surface area contributed by atoms with E-state index in [0.29, 0.717) is 30.3 Å². The summed E-state index contributed by atoms with van der Waals surface area (Å²) in [7, 11) is 0. The zero-order valence-corrected chi connectivity index (χ0v) is 19.3. The fourth-order valence-electron chi connectivity index (χ4n) is 3.16. The molecular weight excluding hydrogens is 452 g/mol. The summed E-state index contributed by atoms with van der Waals surface area (Å²) in [5.41, 5.74) is 4.55. The summed E-state index contributed by atoms with van der Waals surface area (Å²) in [6.45, 7) is 5.00. The Labute approximate surface area is 192 Å². The summed E-state index contributed by atoms with van der Waals surface area (Å²) in [5, 5.41) is 0. The maximum absolute atomic E-state index is 11.4. The molecule has 3 aromatic carbocycles. The molecule has 0 aliphatic carbocycles. The minimum absolute atomic E-state index is 0.545. The summed E-state index contributed by atoms with van der Waals surface area (Å²) >= 11 is 3.59. The van der Waals surface area contributed by atoms with Crippen molar-refractivity contribution in [2.75, 3.05) is 13.2 Å². The van der Waals surface area contributed by atoms with Crippen LogP contribution in [0.4, 0.5) is 0 Å². The number of ether oxygens (including phenoxy) is 2. The normalized spacial score (nSPS) is 11.2. The molecule has 0 amide bonds. The van der Waals surface area contributed by atoms with Gasteiger partial charge in [-0.25, -0.2) is 0 Å². The first kappa shape index (κ1) is 22.6. The minimum Gasteiger partial charge on any atom is -0.490 e. The highest BCUT2D eigenvalue weighted by molar-refractivity contribution is 9.10. The monoisotopic (exact) mass is 476 g/mol. The third-order valence-corrected chi connectivity index (χ3v) is 5.38. The summed E-state index contributed by atoms with van der Waals surface area (Å²) < 4.78 is 12.7. The lowest BCUT2D eigenvalue weighted by molar-refractivity contribution is 0.112. The number of hydrogen-bond donors (Lipinski definition) is 0. The van der Waals surface area contributed by atoms with Crippen LogP contribution >= 0.6 is 15.9 Å². The zero-order valence-electron chi connectivity index (χ0n) is 17.7. The molecule has 3 aromatic rings. The second-order valence-corrected chi connectivity index (χ2v) is 7.58. The smallest absolute Gasteiger partial charge is 0.161 e. The van der Waals surface area contributed by atoms with Gasteiger partial charge in [0.1, 0.15) is 0 Å². The van der Waals surface area contributed by atoms with Crippen molar-refractivity contribution in [3.63, 3.8) is 0 Å². The molecule has 0 saturated carbocycles. The van der Waals surface area contributed by atoms with E-state index >= 15 is 0 Å². The fourth-order valence-corrected chi connectivity index (χ4v) is 3.57. The Balaban J connectivity index is 2.07. The first-order valence-electron chi connectivity index (χ1n) is 10.2. The molecule has 0 unspecified atom stereocenters. The van der Waals surface area contributed by atoms with Gasteiger partial charge in [0.2, 0.25) is 0 Å². The van der Waals surface area contributed by atoms with E-state index in [9.17, 15) is 4.79 Å². The summed E-state index contributed by atoms with van der Waals surface area (Å²) in [4.78, 5) is 11.4. The molecule has 0 bridgehead atoms. The van der Waals surface area contributed by atoms with Crippen LogP contribution in [0, 0.1) is 0 Å². The molecule has 4 heteroatoms. The predicted octanol–water partition coefficient (Wildman–Crippen LogP) is 7.40. The molecule has 0 N–H and O–H groups in total. The van der Waals surface area contributed by atoms with Gasteiger partial charge in [-0.1, -0.05) is 82.7 Å². The van der Waals surface area contributed by atoms with Crippen molar-refractivity contribution in [2.24, 2.45) is 0 Å². The summed E-state index contributed by atoms with van der Waals surface area (Å²) in [6.07, 6.45) is 8.94. The van der Waals surface area contributed by atoms with Crippen LogP contribution in [0.3, 0.4) is 0 Å². The van der Waals surface area contributed by atoms with Gasteiger partial charge in [0.15, 0.2) is 17.8 Å². The quantitative estimate of drug-likeness (QED) is 0.238. The van der Waals surface area contributed by atoms with Gasteiger partial charge in [-0.2, -0.15) is 0 Å². The topological polar surface area (TPSA) is 35.5 Å². The highest BCUT2D eigenvalue weighted by atomic mass is 79.9. The average Bonchev–Trinajstić information content (AvgIpc) is 2.79. The summed E-state index contributed by atoms with van der Waals surface area (Å²) in [6, 6.07) is 19.5. The minimum atomic E-state index is 0.545. The molecule has 0 spiro atoms. The zero-order chi connectivity index (χ0) is 22.1. The van der Waals surface area contributed by atoms with E-state index in [1.54, 1.807) is 0 Å². The van der Waals surface area contributed by atoms with E-state index in [1.165, 1.54) is 0 Å². The molecular formula is C27H25BrO3. The number of hydrogen-bond acceptors (Lipinski definition) is 3. The molecule has 0 atom stereocenters. The molecule has 3 nitrogen and oxygen atoms in total. The number of carbonyl (C=O) groups is 1. The number of aldehydes is 1. The molecule has 0 aliphatic heterocycles. The van der Waals surface area contributed by atoms with Gasteiger partial charge in [-0.05, 0) is 54.3 Å². The molecule has 0 aliphatic rings. The molecule has 0 heterocycles. The van der Waals surface area contributed by atoms with Gasteiger partial charge >= 0.3 is 0 Å². The Bertz CT molecular complexity index is 1100. The fraction of sp³-hybridized carbons (Fsp3) is 0.148. The molecule has 31 heavy (non-hydrogen) atoms. The van der Waals surface area contributed by atoms with E-state index in [1.807, 2.05) is 80.6 Å². The molecule has 0 aromatic heterocycles. The second kappa shape index (κ2) is 11.3. The van der Waals surface area contributed by atoms with Crippen molar-refractivity contribution in [3.05, 3.63) is 93.0 Å². The van der Waals surface area contributed by atoms with Crippen LogP contribution < -0.4 is 9.47 Å². The SMILES string of the molecule is CCOc1cc(/C=C/c2ccccc2Br)c(/C=C/c2ccccc2C=O)cc1OCC. The Kier molecular flexibility index (Phi) is 8.25. The Hall–Kier alpha value is -3.11. The number of benzene rings is 3. The highest BCUT2D eigenvalue weighted by Gasteiger charge is 2.10. The van der Waals surface area contributed by atoms with Crippen LogP contribution in [0.2, 0.25) is 0 Å². The lowest BCUT2D eigenvalue weighted by Gasteiger charge is -2.14. The number of halogens is 1. The maximum Gasteiger partial charge on any atom is 0.161 e. The van der Waals surface area contributed by atoms with Gasteiger partial charge in [0.05, 0.1) is 13.2 Å². The van der Waals surface area contributed by atoms with Gasteiger partial charge in [-0.15, -0.1) is 0 Å². The van der Waals surface area contributed by atoms with Crippen molar-refractivity contribution in [3.8, 4) is 11.5 Å². The molecule has 0 fully saturated rings. The van der Waals surface area contributed by atoms with E-state index in [4.69, 9.17) is 9.47 Å². The van der Waals surface area contributed by atoms with E-state index in [-0.39, 0.29) is 0 Å². The Morgan fingerprint density at radius 1 is 0.677 bits per heavy atom. The van der Waals surface area contributed by atoms with Crippen LogP contribution in [-0.4, -0.2) is 19.5 Å². The number of carbonyl (C=O) groups excluding carboxylic acids is 1. The van der Waals surface area contributed by atoms with E-state index < -0.39 is 0 Å². The molecule has 0 saturated heterocycles. The second-order valence-electron chi connectivity index (χ2n) is 6.73. The van der Waals surface area contributed by atoms with Crippen LogP contribution in [0.1, 0.15) is 46.5 Å². The lowest BCUT2D eigenvalue weighted by Crippen LogP contribution is -2.00. The first-order valence-corrected chi connectivity index (χ1v) is 11.0. The largest absolute Gasteiger partial charge is 0.490 e. The van der Waals surface area contributed by atoms with Crippen molar-refractivity contribution in [1.29, 1.82) is 0 Å². The van der Waals surface area contributed by atoms with Crippen molar-refractivity contribution in [1.82, 2.24) is 0 Å². The van der Waals surface area contributed by atoms with E-state index in [2.05, 4.69) is 34.1 Å². The van der Waals surface area contributed by atoms with Crippen LogP contribution in [-0.2, 0) is 0 Å². The molecule has 158 valence electrons. The number of rotatable bonds is 9. The van der Waals surface area contributed by atoms with Crippen molar-refractivity contribution >= 4 is 46.5 Å². The lowest BCUT2D eigenvalue weighted by atomic mass is 10.0. The first-order chi connectivity index (χ1) is 15.2.